The molecule has 0 aromatic carbocycles. The van der Waals surface area contributed by atoms with Crippen LogP contribution >= 0.6 is 11.3 Å². The van der Waals surface area contributed by atoms with Gasteiger partial charge in [0, 0.05) is 11.4 Å². The molecule has 0 saturated heterocycles. The average molecular weight is 282 g/mol. The molecule has 0 fully saturated rings. The summed E-state index contributed by atoms with van der Waals surface area (Å²) in [5, 5.41) is 5.48. The van der Waals surface area contributed by atoms with E-state index in [1.807, 2.05) is 11.4 Å². The Kier molecular flexibility index (Phi) is 6.01. The highest BCUT2D eigenvalue weighted by Crippen LogP contribution is 2.26. The summed E-state index contributed by atoms with van der Waals surface area (Å²) in [5.41, 5.74) is 5.12. The van der Waals surface area contributed by atoms with Gasteiger partial charge in [0.05, 0.1) is 5.54 Å². The van der Waals surface area contributed by atoms with E-state index in [4.69, 9.17) is 5.73 Å². The highest BCUT2D eigenvalue weighted by molar-refractivity contribution is 7.09. The Balaban J connectivity index is 2.84. The zero-order valence-electron chi connectivity index (χ0n) is 12.4. The van der Waals surface area contributed by atoms with Crippen molar-refractivity contribution < 1.29 is 4.79 Å². The molecule has 19 heavy (non-hydrogen) atoms. The number of rotatable bonds is 8. The summed E-state index contributed by atoms with van der Waals surface area (Å²) >= 11 is 1.70. The number of nitrogens with two attached hydrogens (primary N) is 1. The van der Waals surface area contributed by atoms with Gasteiger partial charge in [-0.05, 0) is 36.1 Å². The maximum Gasteiger partial charge on any atom is 0.237 e. The van der Waals surface area contributed by atoms with E-state index in [1.165, 1.54) is 4.88 Å². The van der Waals surface area contributed by atoms with Crippen molar-refractivity contribution in [2.45, 2.75) is 52.6 Å². The van der Waals surface area contributed by atoms with E-state index in [0.717, 1.165) is 12.8 Å². The summed E-state index contributed by atoms with van der Waals surface area (Å²) < 4.78 is 0. The number of carbonyl (C=O) groups excluding carboxylic acids is 1. The fourth-order valence-corrected chi connectivity index (χ4v) is 3.22. The summed E-state index contributed by atoms with van der Waals surface area (Å²) in [4.78, 5) is 13.2. The molecule has 3 N–H and O–H groups in total. The summed E-state index contributed by atoms with van der Waals surface area (Å²) in [6.45, 7) is 9.23. The Morgan fingerprint density at radius 3 is 2.26 bits per heavy atom. The lowest BCUT2D eigenvalue weighted by Gasteiger charge is -2.35. The normalized spacial score (nSPS) is 12.3. The molecule has 1 heterocycles. The molecular weight excluding hydrogens is 256 g/mol. The Morgan fingerprint density at radius 1 is 1.32 bits per heavy atom. The lowest BCUT2D eigenvalue weighted by atomic mass is 9.81. The molecule has 3 nitrogen and oxygen atoms in total. The number of thiophene rings is 1. The molecule has 0 unspecified atom stereocenters. The van der Waals surface area contributed by atoms with Crippen LogP contribution in [0.4, 0.5) is 0 Å². The number of carbonyl (C=O) groups is 1. The van der Waals surface area contributed by atoms with Gasteiger partial charge < -0.3 is 5.73 Å². The van der Waals surface area contributed by atoms with Crippen LogP contribution in [0.15, 0.2) is 17.5 Å². The Hall–Kier alpha value is -0.870. The van der Waals surface area contributed by atoms with Gasteiger partial charge in [-0.1, -0.05) is 33.8 Å². The largest absolute Gasteiger partial charge is 0.368 e. The van der Waals surface area contributed by atoms with Crippen LogP contribution in [-0.2, 0) is 11.3 Å². The predicted molar refractivity (Wildman–Crippen MR) is 82.0 cm³/mol. The topological polar surface area (TPSA) is 55.1 Å². The standard InChI is InChI=1S/C15H26N2OS/c1-11(2)8-15(14(16)18,9-12(3)4)17-10-13-6-5-7-19-13/h5-7,11-12,17H,8-10H2,1-4H3,(H2,16,18). The number of primary amides is 1. The molecule has 108 valence electrons. The van der Waals surface area contributed by atoms with Gasteiger partial charge in [-0.2, -0.15) is 0 Å². The molecule has 1 aromatic heterocycles. The molecule has 0 aliphatic rings. The third kappa shape index (κ3) is 4.96. The van der Waals surface area contributed by atoms with Gasteiger partial charge in [-0.3, -0.25) is 10.1 Å². The van der Waals surface area contributed by atoms with E-state index in [-0.39, 0.29) is 5.91 Å². The highest BCUT2D eigenvalue weighted by atomic mass is 32.1. The summed E-state index contributed by atoms with van der Waals surface area (Å²) in [5.74, 6) is 0.635. The van der Waals surface area contributed by atoms with Crippen molar-refractivity contribution in [2.24, 2.45) is 17.6 Å². The van der Waals surface area contributed by atoms with Crippen molar-refractivity contribution in [1.82, 2.24) is 5.32 Å². The summed E-state index contributed by atoms with van der Waals surface area (Å²) in [6, 6.07) is 4.10. The van der Waals surface area contributed by atoms with Crippen molar-refractivity contribution in [3.05, 3.63) is 22.4 Å². The third-order valence-corrected chi connectivity index (χ3v) is 4.04. The Bertz CT molecular complexity index is 375. The van der Waals surface area contributed by atoms with Crippen molar-refractivity contribution in [2.75, 3.05) is 0 Å². The molecule has 1 amide bonds. The molecule has 0 spiro atoms. The molecule has 1 rings (SSSR count). The first kappa shape index (κ1) is 16.2. The number of amides is 1. The minimum absolute atomic E-state index is 0.230. The van der Waals surface area contributed by atoms with Crippen LogP contribution < -0.4 is 11.1 Å². The monoisotopic (exact) mass is 282 g/mol. The van der Waals surface area contributed by atoms with Crippen LogP contribution in [0.25, 0.3) is 0 Å². The van der Waals surface area contributed by atoms with E-state index in [1.54, 1.807) is 11.3 Å². The number of hydrogen-bond acceptors (Lipinski definition) is 3. The van der Waals surface area contributed by atoms with Crippen LogP contribution in [0.5, 0.6) is 0 Å². The lowest BCUT2D eigenvalue weighted by Crippen LogP contribution is -2.56. The second-order valence-electron chi connectivity index (χ2n) is 6.08. The minimum atomic E-state index is -0.591. The SMILES string of the molecule is CC(C)CC(CC(C)C)(NCc1cccs1)C(N)=O. The fourth-order valence-electron chi connectivity index (χ4n) is 2.58. The van der Waals surface area contributed by atoms with Crippen molar-refractivity contribution in [3.8, 4) is 0 Å². The molecule has 0 aliphatic heterocycles. The summed E-state index contributed by atoms with van der Waals surface area (Å²) in [6.07, 6.45) is 1.57. The van der Waals surface area contributed by atoms with Gasteiger partial charge >= 0.3 is 0 Å². The third-order valence-electron chi connectivity index (χ3n) is 3.17. The first-order valence-electron chi connectivity index (χ1n) is 6.93. The van der Waals surface area contributed by atoms with Crippen LogP contribution in [0.3, 0.4) is 0 Å². The van der Waals surface area contributed by atoms with Gasteiger partial charge in [-0.15, -0.1) is 11.3 Å². The van der Waals surface area contributed by atoms with E-state index < -0.39 is 5.54 Å². The molecular formula is C15H26N2OS. The lowest BCUT2D eigenvalue weighted by molar-refractivity contribution is -0.126. The van der Waals surface area contributed by atoms with E-state index in [2.05, 4.69) is 39.1 Å². The van der Waals surface area contributed by atoms with E-state index >= 15 is 0 Å². The van der Waals surface area contributed by atoms with Gasteiger partial charge in [-0.25, -0.2) is 0 Å². The van der Waals surface area contributed by atoms with Gasteiger partial charge in [0.25, 0.3) is 0 Å². The molecule has 0 saturated carbocycles. The van der Waals surface area contributed by atoms with Crippen LogP contribution in [0.1, 0.15) is 45.4 Å². The second-order valence-corrected chi connectivity index (χ2v) is 7.11. The Morgan fingerprint density at radius 2 is 1.89 bits per heavy atom. The van der Waals surface area contributed by atoms with Gasteiger partial charge in [0.1, 0.15) is 0 Å². The quantitative estimate of drug-likeness (QED) is 0.769. The second kappa shape index (κ2) is 7.06. The molecule has 1 aromatic rings. The van der Waals surface area contributed by atoms with E-state index in [0.29, 0.717) is 18.4 Å². The predicted octanol–water partition coefficient (Wildman–Crippen LogP) is 3.15. The average Bonchev–Trinajstić information content (AvgIpc) is 2.76. The maximum atomic E-state index is 12.0. The van der Waals surface area contributed by atoms with Gasteiger partial charge in [0.15, 0.2) is 0 Å². The molecule has 0 aliphatic carbocycles. The Labute approximate surface area is 120 Å². The first-order valence-corrected chi connectivity index (χ1v) is 7.81. The van der Waals surface area contributed by atoms with Crippen LogP contribution in [-0.4, -0.2) is 11.4 Å². The van der Waals surface area contributed by atoms with Crippen molar-refractivity contribution in [1.29, 1.82) is 0 Å². The first-order chi connectivity index (χ1) is 8.85. The molecule has 0 atom stereocenters. The molecule has 0 bridgehead atoms. The fraction of sp³-hybridized carbons (Fsp3) is 0.667. The maximum absolute atomic E-state index is 12.0. The van der Waals surface area contributed by atoms with Crippen LogP contribution in [0, 0.1) is 11.8 Å². The van der Waals surface area contributed by atoms with Crippen molar-refractivity contribution >= 4 is 17.2 Å². The zero-order valence-corrected chi connectivity index (χ0v) is 13.2. The van der Waals surface area contributed by atoms with E-state index in [9.17, 15) is 4.79 Å². The zero-order chi connectivity index (χ0) is 14.5. The van der Waals surface area contributed by atoms with Crippen LogP contribution in [0.2, 0.25) is 0 Å². The van der Waals surface area contributed by atoms with Crippen molar-refractivity contribution in [3.63, 3.8) is 0 Å². The highest BCUT2D eigenvalue weighted by Gasteiger charge is 2.37. The smallest absolute Gasteiger partial charge is 0.237 e. The molecule has 0 radical (unpaired) electrons. The minimum Gasteiger partial charge on any atom is -0.368 e. The number of nitrogens with one attached hydrogen (secondary N) is 1. The van der Waals surface area contributed by atoms with Gasteiger partial charge in [0.2, 0.25) is 5.91 Å². The summed E-state index contributed by atoms with van der Waals surface area (Å²) in [7, 11) is 0. The molecule has 4 heteroatoms. The number of hydrogen-bond donors (Lipinski definition) is 2.